The fourth-order valence-corrected chi connectivity index (χ4v) is 9.90. The van der Waals surface area contributed by atoms with E-state index in [1.54, 1.807) is 0 Å². The molecule has 0 atom stereocenters. The molecular weight excluding hydrogens is 543 g/mol. The Morgan fingerprint density at radius 3 is 1.23 bits per heavy atom. The number of ketones is 1. The van der Waals surface area contributed by atoms with Crippen LogP contribution in [0.2, 0.25) is 0 Å². The molecule has 208 valence electrons. The number of benzene rings is 6. The maximum absolute atomic E-state index is 14.9. The standard InChI is InChI=1S/C39H31N2OP/c1-30-22-26-33(27-23-30)40-41-34-28-24-32(25-29-34)39(38(42)31-14-6-2-7-15-31)43(35-16-8-3-9-17-35,36-18-10-4-11-19-36)37-20-12-5-13-21-37/h2-29H,1H3. The molecular formula is C39H31N2OP. The highest BCUT2D eigenvalue weighted by Gasteiger charge is 2.34. The van der Waals surface area contributed by atoms with Gasteiger partial charge in [-0.15, -0.1) is 0 Å². The summed E-state index contributed by atoms with van der Waals surface area (Å²) in [6.45, 7) is -0.628. The van der Waals surface area contributed by atoms with E-state index < -0.39 is 6.89 Å². The Balaban J connectivity index is 1.66. The van der Waals surface area contributed by atoms with Crippen molar-refractivity contribution in [1.29, 1.82) is 0 Å². The van der Waals surface area contributed by atoms with Crippen molar-refractivity contribution >= 4 is 45.3 Å². The topological polar surface area (TPSA) is 41.8 Å². The molecule has 6 aromatic rings. The van der Waals surface area contributed by atoms with E-state index in [4.69, 9.17) is 0 Å². The van der Waals surface area contributed by atoms with E-state index >= 15 is 0 Å². The molecule has 0 aliphatic heterocycles. The molecule has 3 nitrogen and oxygen atoms in total. The van der Waals surface area contributed by atoms with E-state index in [9.17, 15) is 4.79 Å². The van der Waals surface area contributed by atoms with Crippen LogP contribution in [0.15, 0.2) is 180 Å². The SMILES string of the molecule is Cc1ccc(N=Nc2ccc(C(C(=O)c3ccccc3)=P(c3ccccc3)(c3ccccc3)c3ccccc3)cc2)cc1. The Morgan fingerprint density at radius 1 is 0.442 bits per heavy atom. The van der Waals surface area contributed by atoms with Crippen LogP contribution in [-0.4, -0.2) is 11.1 Å². The van der Waals surface area contributed by atoms with Crippen molar-refractivity contribution in [2.45, 2.75) is 6.92 Å². The second-order valence-electron chi connectivity index (χ2n) is 10.3. The number of hydrogen-bond donors (Lipinski definition) is 0. The van der Waals surface area contributed by atoms with Gasteiger partial charge in [-0.1, -0.05) is 151 Å². The summed E-state index contributed by atoms with van der Waals surface area (Å²) in [4.78, 5) is 14.9. The molecule has 0 aliphatic carbocycles. The summed E-state index contributed by atoms with van der Waals surface area (Å²) >= 11 is 0. The third-order valence-electron chi connectivity index (χ3n) is 7.47. The largest absolute Gasteiger partial charge is 0.289 e. The lowest BCUT2D eigenvalue weighted by Gasteiger charge is -2.32. The highest BCUT2D eigenvalue weighted by atomic mass is 31.2. The lowest BCUT2D eigenvalue weighted by molar-refractivity contribution is 0.106. The van der Waals surface area contributed by atoms with Gasteiger partial charge in [0.1, 0.15) is 0 Å². The molecule has 0 radical (unpaired) electrons. The number of hydrogen-bond acceptors (Lipinski definition) is 3. The quantitative estimate of drug-likeness (QED) is 0.102. The highest BCUT2D eigenvalue weighted by molar-refractivity contribution is 7.97. The van der Waals surface area contributed by atoms with Crippen LogP contribution in [0.4, 0.5) is 11.4 Å². The summed E-state index contributed by atoms with van der Waals surface area (Å²) in [6.07, 6.45) is 0. The van der Waals surface area contributed by atoms with Crippen LogP contribution < -0.4 is 15.9 Å². The molecule has 0 saturated heterocycles. The first-order chi connectivity index (χ1) is 21.2. The average molecular weight is 575 g/mol. The first-order valence-electron chi connectivity index (χ1n) is 14.3. The van der Waals surface area contributed by atoms with Crippen LogP contribution >= 0.6 is 6.89 Å². The van der Waals surface area contributed by atoms with E-state index in [0.717, 1.165) is 38.1 Å². The Hall–Kier alpha value is -5.11. The van der Waals surface area contributed by atoms with Crippen molar-refractivity contribution in [2.75, 3.05) is 0 Å². The maximum atomic E-state index is 14.9. The van der Waals surface area contributed by atoms with Gasteiger partial charge >= 0.3 is 0 Å². The lowest BCUT2D eigenvalue weighted by atomic mass is 10.0. The lowest BCUT2D eigenvalue weighted by Crippen LogP contribution is -2.34. The molecule has 0 heterocycles. The molecule has 0 bridgehead atoms. The second-order valence-corrected chi connectivity index (χ2v) is 13.6. The summed E-state index contributed by atoms with van der Waals surface area (Å²) in [5.41, 5.74) is 4.22. The van der Waals surface area contributed by atoms with Crippen LogP contribution in [0.1, 0.15) is 21.5 Å². The number of nitrogens with zero attached hydrogens (tertiary/aromatic N) is 2. The van der Waals surface area contributed by atoms with Crippen molar-refractivity contribution in [3.8, 4) is 0 Å². The van der Waals surface area contributed by atoms with Gasteiger partial charge in [-0.2, -0.15) is 10.2 Å². The normalized spacial score (nSPS) is 11.4. The van der Waals surface area contributed by atoms with Crippen molar-refractivity contribution in [3.05, 3.63) is 187 Å². The average Bonchev–Trinajstić information content (AvgIpc) is 3.08. The van der Waals surface area contributed by atoms with Gasteiger partial charge in [-0.05, 0) is 59.6 Å². The van der Waals surface area contributed by atoms with Crippen LogP contribution in [-0.2, 0) is 0 Å². The van der Waals surface area contributed by atoms with Crippen LogP contribution in [0.3, 0.4) is 0 Å². The first-order valence-corrected chi connectivity index (χ1v) is 16.1. The fraction of sp³-hybridized carbons (Fsp3) is 0.0256. The molecule has 0 saturated carbocycles. The van der Waals surface area contributed by atoms with Gasteiger partial charge in [-0.3, -0.25) is 4.79 Å². The van der Waals surface area contributed by atoms with Gasteiger partial charge in [0, 0.05) is 10.9 Å². The zero-order valence-corrected chi connectivity index (χ0v) is 24.8. The van der Waals surface area contributed by atoms with Gasteiger partial charge in [-0.25, -0.2) is 0 Å². The molecule has 0 spiro atoms. The number of carbonyl (C=O) groups is 1. The fourth-order valence-electron chi connectivity index (χ4n) is 5.41. The Morgan fingerprint density at radius 2 is 0.814 bits per heavy atom. The Kier molecular flexibility index (Phi) is 8.35. The molecule has 0 N–H and O–H groups in total. The van der Waals surface area contributed by atoms with Gasteiger partial charge in [0.2, 0.25) is 0 Å². The number of carbonyl (C=O) groups excluding carboxylic acids is 1. The molecule has 0 amide bonds. The number of rotatable bonds is 8. The second kappa shape index (κ2) is 12.8. The van der Waals surface area contributed by atoms with E-state index in [-0.39, 0.29) is 5.78 Å². The van der Waals surface area contributed by atoms with E-state index in [0.29, 0.717) is 5.56 Å². The zero-order chi connectivity index (χ0) is 29.5. The van der Waals surface area contributed by atoms with Crippen molar-refractivity contribution in [3.63, 3.8) is 0 Å². The Labute approximate surface area is 253 Å². The van der Waals surface area contributed by atoms with Crippen LogP contribution in [0, 0.1) is 6.92 Å². The predicted molar refractivity (Wildman–Crippen MR) is 182 cm³/mol. The third-order valence-corrected chi connectivity index (χ3v) is 11.8. The predicted octanol–water partition coefficient (Wildman–Crippen LogP) is 8.81. The molecule has 0 unspecified atom stereocenters. The van der Waals surface area contributed by atoms with Gasteiger partial charge in [0.25, 0.3) is 0 Å². The summed E-state index contributed by atoms with van der Waals surface area (Å²) < 4.78 is 0. The zero-order valence-electron chi connectivity index (χ0n) is 23.9. The molecule has 0 fully saturated rings. The van der Waals surface area contributed by atoms with E-state index in [1.807, 2.05) is 104 Å². The van der Waals surface area contributed by atoms with Crippen LogP contribution in [0.25, 0.3) is 0 Å². The van der Waals surface area contributed by atoms with Gasteiger partial charge < -0.3 is 0 Å². The van der Waals surface area contributed by atoms with Crippen molar-refractivity contribution in [2.24, 2.45) is 10.2 Å². The Bertz CT molecular complexity index is 1800. The summed E-state index contributed by atoms with van der Waals surface area (Å²) in [5.74, 6) is 0.0134. The molecule has 4 heteroatoms. The molecule has 0 aliphatic rings. The smallest absolute Gasteiger partial charge is 0.194 e. The molecule has 43 heavy (non-hydrogen) atoms. The van der Waals surface area contributed by atoms with Gasteiger partial charge in [0.15, 0.2) is 5.78 Å². The monoisotopic (exact) mass is 574 g/mol. The summed E-state index contributed by atoms with van der Waals surface area (Å²) in [6, 6.07) is 56.9. The first kappa shape index (κ1) is 28.0. The minimum Gasteiger partial charge on any atom is -0.289 e. The third kappa shape index (κ3) is 5.81. The summed E-state index contributed by atoms with van der Waals surface area (Å²) in [5, 5.41) is 13.1. The van der Waals surface area contributed by atoms with Gasteiger partial charge in [0.05, 0.1) is 11.4 Å². The molecule has 6 aromatic carbocycles. The van der Waals surface area contributed by atoms with Crippen LogP contribution in [0.5, 0.6) is 0 Å². The van der Waals surface area contributed by atoms with E-state index in [1.165, 1.54) is 5.56 Å². The van der Waals surface area contributed by atoms with E-state index in [2.05, 4.69) is 83.0 Å². The molecule has 6 rings (SSSR count). The number of Topliss-reactive ketones (excluding diaryl/α,β-unsaturated/α-hetero) is 1. The number of aryl methyl sites for hydroxylation is 1. The minimum absolute atomic E-state index is 0.0134. The minimum atomic E-state index is -2.68. The summed E-state index contributed by atoms with van der Waals surface area (Å²) in [7, 11) is 0. The maximum Gasteiger partial charge on any atom is 0.194 e. The number of azo groups is 1. The molecule has 0 aromatic heterocycles. The van der Waals surface area contributed by atoms with Crippen molar-refractivity contribution < 1.29 is 4.79 Å². The highest BCUT2D eigenvalue weighted by Crippen LogP contribution is 2.48. The van der Waals surface area contributed by atoms with Crippen molar-refractivity contribution in [1.82, 2.24) is 0 Å².